The minimum atomic E-state index is -0.888. The van der Waals surface area contributed by atoms with E-state index in [2.05, 4.69) is 5.32 Å². The first kappa shape index (κ1) is 18.0. The standard InChI is InChI=1S/C20H25NO3/c1-13(2)14(3)19(22)21-12-18(20(23)24)11-15-8-9-16-6-4-5-7-17(16)10-15/h4-10,13-14,18H,11-12H2,1-3H3,(H,21,22)(H,23,24). The van der Waals surface area contributed by atoms with Crippen LogP contribution >= 0.6 is 0 Å². The van der Waals surface area contributed by atoms with Crippen LogP contribution in [0.4, 0.5) is 0 Å². The van der Waals surface area contributed by atoms with Gasteiger partial charge in [-0.2, -0.15) is 0 Å². The molecule has 0 heterocycles. The zero-order valence-electron chi connectivity index (χ0n) is 14.5. The number of amides is 1. The topological polar surface area (TPSA) is 66.4 Å². The number of hydrogen-bond donors (Lipinski definition) is 2. The van der Waals surface area contributed by atoms with E-state index in [1.807, 2.05) is 63.2 Å². The molecule has 24 heavy (non-hydrogen) atoms. The van der Waals surface area contributed by atoms with Gasteiger partial charge in [-0.3, -0.25) is 9.59 Å². The molecule has 0 aliphatic rings. The largest absolute Gasteiger partial charge is 0.481 e. The maximum Gasteiger partial charge on any atom is 0.308 e. The molecule has 2 N–H and O–H groups in total. The van der Waals surface area contributed by atoms with Crippen LogP contribution in [0.1, 0.15) is 26.3 Å². The number of carboxylic acids is 1. The second-order valence-corrected chi connectivity index (χ2v) is 6.70. The summed E-state index contributed by atoms with van der Waals surface area (Å²) in [7, 11) is 0. The molecule has 0 saturated heterocycles. The molecule has 128 valence electrons. The van der Waals surface area contributed by atoms with E-state index in [1.165, 1.54) is 0 Å². The van der Waals surface area contributed by atoms with Crippen LogP contribution in [0.25, 0.3) is 10.8 Å². The first-order chi connectivity index (χ1) is 11.4. The zero-order valence-corrected chi connectivity index (χ0v) is 14.5. The Kier molecular flexibility index (Phi) is 5.96. The summed E-state index contributed by atoms with van der Waals surface area (Å²) in [6.07, 6.45) is 0.399. The lowest BCUT2D eigenvalue weighted by atomic mass is 9.95. The molecule has 2 rings (SSSR count). The summed E-state index contributed by atoms with van der Waals surface area (Å²) in [5, 5.41) is 14.5. The molecule has 0 aliphatic heterocycles. The monoisotopic (exact) mass is 327 g/mol. The predicted molar refractivity (Wildman–Crippen MR) is 95.8 cm³/mol. The average molecular weight is 327 g/mol. The highest BCUT2D eigenvalue weighted by molar-refractivity contribution is 5.83. The Morgan fingerprint density at radius 1 is 1.04 bits per heavy atom. The van der Waals surface area contributed by atoms with E-state index in [1.54, 1.807) is 0 Å². The molecule has 2 aromatic carbocycles. The highest BCUT2D eigenvalue weighted by atomic mass is 16.4. The van der Waals surface area contributed by atoms with Crippen molar-refractivity contribution in [1.29, 1.82) is 0 Å². The quantitative estimate of drug-likeness (QED) is 0.818. The number of nitrogens with one attached hydrogen (secondary N) is 1. The third-order valence-electron chi connectivity index (χ3n) is 4.58. The third kappa shape index (κ3) is 4.57. The minimum absolute atomic E-state index is 0.0882. The predicted octanol–water partition coefficient (Wildman–Crippen LogP) is 3.49. The van der Waals surface area contributed by atoms with Gasteiger partial charge in [0.25, 0.3) is 0 Å². The van der Waals surface area contributed by atoms with E-state index >= 15 is 0 Å². The van der Waals surface area contributed by atoms with E-state index < -0.39 is 11.9 Å². The number of rotatable bonds is 7. The van der Waals surface area contributed by atoms with Gasteiger partial charge in [-0.05, 0) is 28.7 Å². The molecule has 4 nitrogen and oxygen atoms in total. The van der Waals surface area contributed by atoms with Gasteiger partial charge in [0.1, 0.15) is 0 Å². The number of aliphatic carboxylic acids is 1. The smallest absolute Gasteiger partial charge is 0.308 e. The van der Waals surface area contributed by atoms with Crippen molar-refractivity contribution >= 4 is 22.6 Å². The molecular formula is C20H25NO3. The van der Waals surface area contributed by atoms with Crippen molar-refractivity contribution in [2.24, 2.45) is 17.8 Å². The van der Waals surface area contributed by atoms with Crippen LogP contribution in [-0.2, 0) is 16.0 Å². The van der Waals surface area contributed by atoms with Gasteiger partial charge >= 0.3 is 5.97 Å². The maximum absolute atomic E-state index is 12.0. The molecule has 4 heteroatoms. The highest BCUT2D eigenvalue weighted by Crippen LogP contribution is 2.18. The number of fused-ring (bicyclic) bond motifs is 1. The SMILES string of the molecule is CC(C)C(C)C(=O)NCC(Cc1ccc2ccccc2c1)C(=O)O. The van der Waals surface area contributed by atoms with Crippen LogP contribution in [0.15, 0.2) is 42.5 Å². The van der Waals surface area contributed by atoms with Gasteiger partial charge in [-0.15, -0.1) is 0 Å². The van der Waals surface area contributed by atoms with Gasteiger partial charge in [0.2, 0.25) is 5.91 Å². The van der Waals surface area contributed by atoms with E-state index in [4.69, 9.17) is 0 Å². The van der Waals surface area contributed by atoms with E-state index in [9.17, 15) is 14.7 Å². The zero-order chi connectivity index (χ0) is 17.7. The fraction of sp³-hybridized carbons (Fsp3) is 0.400. The van der Waals surface area contributed by atoms with Crippen molar-refractivity contribution in [2.45, 2.75) is 27.2 Å². The Morgan fingerprint density at radius 3 is 2.33 bits per heavy atom. The van der Waals surface area contributed by atoms with Crippen LogP contribution in [0.3, 0.4) is 0 Å². The summed E-state index contributed by atoms with van der Waals surface area (Å²) >= 11 is 0. The summed E-state index contributed by atoms with van der Waals surface area (Å²) in [5.41, 5.74) is 0.965. The summed E-state index contributed by atoms with van der Waals surface area (Å²) < 4.78 is 0. The number of carbonyl (C=O) groups is 2. The Hall–Kier alpha value is -2.36. The maximum atomic E-state index is 12.0. The molecule has 2 unspecified atom stereocenters. The summed E-state index contributed by atoms with van der Waals surface area (Å²) in [6.45, 7) is 5.97. The van der Waals surface area contributed by atoms with Crippen LogP contribution in [-0.4, -0.2) is 23.5 Å². The molecule has 0 fully saturated rings. The van der Waals surface area contributed by atoms with Crippen LogP contribution < -0.4 is 5.32 Å². The van der Waals surface area contributed by atoms with Crippen molar-refractivity contribution in [3.05, 3.63) is 48.0 Å². The number of benzene rings is 2. The lowest BCUT2D eigenvalue weighted by Crippen LogP contribution is -2.38. The summed E-state index contributed by atoms with van der Waals surface area (Å²) in [4.78, 5) is 23.6. The Labute approximate surface area is 142 Å². The van der Waals surface area contributed by atoms with Gasteiger partial charge in [0.05, 0.1) is 5.92 Å². The van der Waals surface area contributed by atoms with Gasteiger partial charge in [0, 0.05) is 12.5 Å². The molecule has 0 spiro atoms. The molecule has 1 amide bonds. The molecule has 0 aliphatic carbocycles. The lowest BCUT2D eigenvalue weighted by Gasteiger charge is -2.18. The summed E-state index contributed by atoms with van der Waals surface area (Å²) in [6, 6.07) is 14.0. The molecular weight excluding hydrogens is 302 g/mol. The number of hydrogen-bond acceptors (Lipinski definition) is 2. The fourth-order valence-corrected chi connectivity index (χ4v) is 2.58. The van der Waals surface area contributed by atoms with E-state index in [-0.39, 0.29) is 24.3 Å². The minimum Gasteiger partial charge on any atom is -0.481 e. The average Bonchev–Trinajstić information content (AvgIpc) is 2.57. The fourth-order valence-electron chi connectivity index (χ4n) is 2.58. The van der Waals surface area contributed by atoms with Gasteiger partial charge in [-0.1, -0.05) is 63.2 Å². The van der Waals surface area contributed by atoms with Crippen LogP contribution in [0, 0.1) is 17.8 Å². The Balaban J connectivity index is 2.04. The van der Waals surface area contributed by atoms with Crippen molar-refractivity contribution in [3.63, 3.8) is 0 Å². The molecule has 2 atom stereocenters. The lowest BCUT2D eigenvalue weighted by molar-refractivity contribution is -0.141. The Morgan fingerprint density at radius 2 is 1.71 bits per heavy atom. The van der Waals surface area contributed by atoms with Crippen molar-refractivity contribution < 1.29 is 14.7 Å². The van der Waals surface area contributed by atoms with E-state index in [0.29, 0.717) is 6.42 Å². The van der Waals surface area contributed by atoms with Crippen molar-refractivity contribution in [2.75, 3.05) is 6.54 Å². The second kappa shape index (κ2) is 7.95. The number of carbonyl (C=O) groups excluding carboxylic acids is 1. The number of carboxylic acid groups (broad SMARTS) is 1. The molecule has 0 bridgehead atoms. The Bertz CT molecular complexity index is 724. The van der Waals surface area contributed by atoms with Crippen molar-refractivity contribution in [3.8, 4) is 0 Å². The second-order valence-electron chi connectivity index (χ2n) is 6.70. The van der Waals surface area contributed by atoms with Crippen LogP contribution in [0.5, 0.6) is 0 Å². The first-order valence-corrected chi connectivity index (χ1v) is 8.36. The molecule has 2 aromatic rings. The molecule has 0 radical (unpaired) electrons. The van der Waals surface area contributed by atoms with Gasteiger partial charge < -0.3 is 10.4 Å². The van der Waals surface area contributed by atoms with Gasteiger partial charge in [0.15, 0.2) is 0 Å². The normalized spacial score (nSPS) is 13.7. The third-order valence-corrected chi connectivity index (χ3v) is 4.58. The van der Waals surface area contributed by atoms with Crippen molar-refractivity contribution in [1.82, 2.24) is 5.32 Å². The van der Waals surface area contributed by atoms with E-state index in [0.717, 1.165) is 16.3 Å². The summed E-state index contributed by atoms with van der Waals surface area (Å²) in [5.74, 6) is -1.50. The van der Waals surface area contributed by atoms with Gasteiger partial charge in [-0.25, -0.2) is 0 Å². The molecule has 0 aromatic heterocycles. The van der Waals surface area contributed by atoms with Crippen LogP contribution in [0.2, 0.25) is 0 Å². The highest BCUT2D eigenvalue weighted by Gasteiger charge is 2.22. The molecule has 0 saturated carbocycles. The first-order valence-electron chi connectivity index (χ1n) is 8.36.